The summed E-state index contributed by atoms with van der Waals surface area (Å²) >= 11 is 0. The normalized spacial score (nSPS) is 22.0. The van der Waals surface area contributed by atoms with Crippen LogP contribution < -0.4 is 5.32 Å². The summed E-state index contributed by atoms with van der Waals surface area (Å²) in [5, 5.41) is 19.6. The number of aliphatic hydroxyl groups is 1. The number of carbonyl (C=O) groups excluding carboxylic acids is 4. The molecule has 248 valence electrons. The van der Waals surface area contributed by atoms with Crippen molar-refractivity contribution in [1.82, 2.24) is 20.3 Å². The van der Waals surface area contributed by atoms with Crippen molar-refractivity contribution in [1.29, 1.82) is 0 Å². The monoisotopic (exact) mass is 644 g/mol. The maximum atomic E-state index is 13.2. The van der Waals surface area contributed by atoms with E-state index in [1.807, 2.05) is 20.8 Å². The van der Waals surface area contributed by atoms with E-state index in [4.69, 9.17) is 23.7 Å². The Morgan fingerprint density at radius 3 is 2.11 bits per heavy atom. The number of rotatable bonds is 10. The molecular weight excluding hydrogens is 609 g/mol. The first-order valence-electron chi connectivity index (χ1n) is 13.7. The Morgan fingerprint density at radius 1 is 0.956 bits per heavy atom. The maximum Gasteiger partial charge on any atom is 0.471 e. The Morgan fingerprint density at radius 2 is 1.56 bits per heavy atom. The highest BCUT2D eigenvalue weighted by Gasteiger charge is 2.54. The number of nitrogens with zero attached hydrogens (tertiary/aromatic N) is 3. The number of benzene rings is 1. The van der Waals surface area contributed by atoms with Crippen LogP contribution in [0.1, 0.15) is 52.7 Å². The molecule has 0 bridgehead atoms. The van der Waals surface area contributed by atoms with Crippen molar-refractivity contribution in [2.75, 3.05) is 0 Å². The van der Waals surface area contributed by atoms with E-state index in [-0.39, 0.29) is 19.8 Å². The predicted octanol–water partition coefficient (Wildman–Crippen LogP) is 1.95. The van der Waals surface area contributed by atoms with E-state index in [9.17, 15) is 37.5 Å². The van der Waals surface area contributed by atoms with E-state index in [1.54, 1.807) is 23.5 Å². The van der Waals surface area contributed by atoms with E-state index in [1.165, 1.54) is 10.9 Å². The van der Waals surface area contributed by atoms with Gasteiger partial charge in [-0.25, -0.2) is 4.68 Å². The minimum Gasteiger partial charge on any atom is -0.456 e. The first kappa shape index (κ1) is 35.4. The summed E-state index contributed by atoms with van der Waals surface area (Å²) in [6.45, 7) is 8.30. The topological polar surface area (TPSA) is 177 Å². The Kier molecular flexibility index (Phi) is 11.3. The standard InChI is InChI=1S/C28H35F3N4O10/c1-14(37)42-23-21(45-25(44-16(3)39)22(24(23)43-15(2)38)32-26(40)28(29,30)31)11-35-10-20(33-34-35)19-8-17(12-36)7-18(9-19)13-41-27(4,5)6/h7-10,21-25,36H,11-13H2,1-6H3,(H,32,40)/t21?,22?,23-,24?,25-/m1/s1. The second kappa shape index (κ2) is 14.3. The van der Waals surface area contributed by atoms with Crippen molar-refractivity contribution in [2.24, 2.45) is 0 Å². The zero-order valence-corrected chi connectivity index (χ0v) is 25.4. The molecule has 1 aromatic carbocycles. The third-order valence-electron chi connectivity index (χ3n) is 6.20. The average Bonchev–Trinajstić information content (AvgIpc) is 3.38. The van der Waals surface area contributed by atoms with Crippen LogP contribution in [0, 0.1) is 0 Å². The van der Waals surface area contributed by atoms with Gasteiger partial charge < -0.3 is 34.1 Å². The number of aromatic nitrogens is 3. The molecule has 0 spiro atoms. The lowest BCUT2D eigenvalue weighted by Crippen LogP contribution is -2.67. The molecule has 0 radical (unpaired) electrons. The van der Waals surface area contributed by atoms with E-state index in [0.29, 0.717) is 16.8 Å². The first-order valence-corrected chi connectivity index (χ1v) is 13.7. The summed E-state index contributed by atoms with van der Waals surface area (Å²) in [6.07, 6.45) is -10.5. The van der Waals surface area contributed by atoms with Crippen LogP contribution in [0.15, 0.2) is 24.4 Å². The van der Waals surface area contributed by atoms with Crippen LogP contribution in [0.4, 0.5) is 13.2 Å². The SMILES string of the molecule is CC(=O)OC1C(NC(=O)C(F)(F)F)[C@H](OC(C)=O)OC(Cn2cc(-c3cc(CO)cc(COC(C)(C)C)c3)nn2)[C@H]1OC(C)=O. The van der Waals surface area contributed by atoms with Crippen LogP contribution in [-0.2, 0) is 62.6 Å². The Hall–Kier alpha value is -4.09. The molecule has 5 atom stereocenters. The van der Waals surface area contributed by atoms with Gasteiger partial charge in [-0.3, -0.25) is 19.2 Å². The predicted molar refractivity (Wildman–Crippen MR) is 145 cm³/mol. The summed E-state index contributed by atoms with van der Waals surface area (Å²) in [6, 6.07) is 3.33. The highest BCUT2D eigenvalue weighted by atomic mass is 19.4. The second-order valence-corrected chi connectivity index (χ2v) is 11.2. The van der Waals surface area contributed by atoms with Crippen LogP contribution >= 0.6 is 0 Å². The van der Waals surface area contributed by atoms with Gasteiger partial charge in [0.05, 0.1) is 31.6 Å². The fourth-order valence-electron chi connectivity index (χ4n) is 4.46. The molecule has 3 rings (SSSR count). The first-order chi connectivity index (χ1) is 20.9. The fourth-order valence-corrected chi connectivity index (χ4v) is 4.46. The van der Waals surface area contributed by atoms with Crippen molar-refractivity contribution in [2.45, 2.75) is 104 Å². The molecule has 2 aromatic rings. The third-order valence-corrected chi connectivity index (χ3v) is 6.20. The number of esters is 3. The summed E-state index contributed by atoms with van der Waals surface area (Å²) in [7, 11) is 0. The Labute approximate surface area is 256 Å². The van der Waals surface area contributed by atoms with Crippen LogP contribution in [-0.4, -0.2) is 86.3 Å². The summed E-state index contributed by atoms with van der Waals surface area (Å²) in [4.78, 5) is 47.8. The Balaban J connectivity index is 1.98. The molecule has 0 aliphatic carbocycles. The molecular formula is C28H35F3N4O10. The minimum absolute atomic E-state index is 0.250. The molecule has 0 saturated carbocycles. The minimum atomic E-state index is -5.36. The van der Waals surface area contributed by atoms with Crippen molar-refractivity contribution in [3.63, 3.8) is 0 Å². The zero-order chi connectivity index (χ0) is 33.7. The number of ether oxygens (including phenoxy) is 5. The van der Waals surface area contributed by atoms with Crippen LogP contribution in [0.5, 0.6) is 0 Å². The molecule has 14 nitrogen and oxygen atoms in total. The number of nitrogens with one attached hydrogen (secondary N) is 1. The average molecular weight is 645 g/mol. The quantitative estimate of drug-likeness (QED) is 0.284. The van der Waals surface area contributed by atoms with Crippen molar-refractivity contribution in [3.8, 4) is 11.3 Å². The number of amides is 1. The molecule has 1 fully saturated rings. The molecule has 2 heterocycles. The van der Waals surface area contributed by atoms with Crippen molar-refractivity contribution in [3.05, 3.63) is 35.5 Å². The molecule has 1 aliphatic heterocycles. The van der Waals surface area contributed by atoms with Gasteiger partial charge in [-0.1, -0.05) is 11.3 Å². The molecule has 45 heavy (non-hydrogen) atoms. The largest absolute Gasteiger partial charge is 0.471 e. The number of carbonyl (C=O) groups is 4. The lowest BCUT2D eigenvalue weighted by atomic mass is 9.95. The molecule has 17 heteroatoms. The van der Waals surface area contributed by atoms with Gasteiger partial charge in [0.2, 0.25) is 6.29 Å². The molecule has 1 saturated heterocycles. The number of alkyl halides is 3. The maximum absolute atomic E-state index is 13.2. The summed E-state index contributed by atoms with van der Waals surface area (Å²) < 4.78 is 68.0. The highest BCUT2D eigenvalue weighted by Crippen LogP contribution is 2.30. The fraction of sp³-hybridized carbons (Fsp3) is 0.571. The highest BCUT2D eigenvalue weighted by molar-refractivity contribution is 5.82. The summed E-state index contributed by atoms with van der Waals surface area (Å²) in [5.41, 5.74) is 1.85. The van der Waals surface area contributed by atoms with Crippen LogP contribution in [0.3, 0.4) is 0 Å². The van der Waals surface area contributed by atoms with Crippen molar-refractivity contribution >= 4 is 23.8 Å². The van der Waals surface area contributed by atoms with Gasteiger partial charge >= 0.3 is 30.0 Å². The summed E-state index contributed by atoms with van der Waals surface area (Å²) in [5.74, 6) is -5.34. The van der Waals surface area contributed by atoms with E-state index in [2.05, 4.69) is 10.3 Å². The van der Waals surface area contributed by atoms with Gasteiger partial charge in [-0.05, 0) is 44.0 Å². The Bertz CT molecular complexity index is 1390. The van der Waals surface area contributed by atoms with E-state index in [0.717, 1.165) is 26.3 Å². The van der Waals surface area contributed by atoms with Gasteiger partial charge in [-0.15, -0.1) is 5.10 Å². The number of aliphatic hydroxyl groups excluding tert-OH is 1. The third kappa shape index (κ3) is 10.2. The number of halogens is 3. The van der Waals surface area contributed by atoms with Gasteiger partial charge in [0.25, 0.3) is 0 Å². The van der Waals surface area contributed by atoms with E-state index >= 15 is 0 Å². The van der Waals surface area contributed by atoms with Crippen molar-refractivity contribution < 1.29 is 61.1 Å². The molecule has 2 N–H and O–H groups in total. The second-order valence-electron chi connectivity index (χ2n) is 11.2. The number of hydrogen-bond donors (Lipinski definition) is 2. The zero-order valence-electron chi connectivity index (χ0n) is 25.4. The lowest BCUT2D eigenvalue weighted by Gasteiger charge is -2.44. The number of hydrogen-bond acceptors (Lipinski definition) is 12. The lowest BCUT2D eigenvalue weighted by molar-refractivity contribution is -0.269. The van der Waals surface area contributed by atoms with Gasteiger partial charge in [0, 0.05) is 26.3 Å². The van der Waals surface area contributed by atoms with Crippen LogP contribution in [0.2, 0.25) is 0 Å². The van der Waals surface area contributed by atoms with Gasteiger partial charge in [-0.2, -0.15) is 13.2 Å². The van der Waals surface area contributed by atoms with Gasteiger partial charge in [0.15, 0.2) is 12.2 Å². The molecule has 1 aliphatic rings. The smallest absolute Gasteiger partial charge is 0.456 e. The molecule has 1 amide bonds. The van der Waals surface area contributed by atoms with E-state index < -0.39 is 66.2 Å². The van der Waals surface area contributed by atoms with Gasteiger partial charge in [0.1, 0.15) is 17.8 Å². The molecule has 3 unspecified atom stereocenters. The molecule has 1 aromatic heterocycles. The van der Waals surface area contributed by atoms with Crippen LogP contribution in [0.25, 0.3) is 11.3 Å².